The lowest BCUT2D eigenvalue weighted by Crippen LogP contribution is -2.38. The van der Waals surface area contributed by atoms with E-state index in [1.54, 1.807) is 25.4 Å². The molecule has 11 heteroatoms. The minimum atomic E-state index is -2.94. The van der Waals surface area contributed by atoms with Gasteiger partial charge in [0, 0.05) is 38.0 Å². The van der Waals surface area contributed by atoms with Gasteiger partial charge in [-0.25, -0.2) is 4.98 Å². The highest BCUT2D eigenvalue weighted by Gasteiger charge is 2.20. The zero-order valence-corrected chi connectivity index (χ0v) is 18.5. The van der Waals surface area contributed by atoms with Crippen LogP contribution in [-0.4, -0.2) is 37.9 Å². The summed E-state index contributed by atoms with van der Waals surface area (Å²) in [4.78, 5) is 8.15. The van der Waals surface area contributed by atoms with Gasteiger partial charge in [0.2, 0.25) is 6.79 Å². The van der Waals surface area contributed by atoms with E-state index in [2.05, 4.69) is 25.3 Å². The van der Waals surface area contributed by atoms with Crippen LogP contribution in [0.25, 0.3) is 0 Å². The minimum absolute atomic E-state index is 0. The van der Waals surface area contributed by atoms with Gasteiger partial charge >= 0.3 is 6.61 Å². The Kier molecular flexibility index (Phi) is 8.96. The number of benzene rings is 1. The number of aliphatic imine (C=N–C) groups is 1. The first kappa shape index (κ1) is 23.2. The zero-order valence-electron chi connectivity index (χ0n) is 15.5. The number of guanidine groups is 1. The highest BCUT2D eigenvalue weighted by atomic mass is 127. The molecule has 1 aliphatic heterocycles. The molecule has 3 rings (SSSR count). The molecule has 2 aromatic rings. The minimum Gasteiger partial charge on any atom is -0.454 e. The van der Waals surface area contributed by atoms with Crippen LogP contribution in [0.4, 0.5) is 8.78 Å². The molecule has 0 amide bonds. The van der Waals surface area contributed by atoms with Gasteiger partial charge < -0.3 is 24.8 Å². The Balaban J connectivity index is 0.00000300. The smallest absolute Gasteiger partial charge is 0.387 e. The lowest BCUT2D eigenvalue weighted by Gasteiger charge is -2.15. The Bertz CT molecular complexity index is 841. The lowest BCUT2D eigenvalue weighted by atomic mass is 10.1. The number of hydrogen-bond donors (Lipinski definition) is 2. The fourth-order valence-electron chi connectivity index (χ4n) is 2.59. The first-order valence-corrected chi connectivity index (χ1v) is 8.85. The van der Waals surface area contributed by atoms with E-state index >= 15 is 0 Å². The van der Waals surface area contributed by atoms with E-state index in [-0.39, 0.29) is 43.1 Å². The number of aromatic nitrogens is 1. The Morgan fingerprint density at radius 1 is 1.28 bits per heavy atom. The Labute approximate surface area is 188 Å². The maximum atomic E-state index is 12.7. The maximum Gasteiger partial charge on any atom is 0.387 e. The predicted octanol–water partition coefficient (Wildman–Crippen LogP) is 3.59. The molecule has 0 spiro atoms. The number of nitrogens with zero attached hydrogens (tertiary/aromatic N) is 2. The summed E-state index contributed by atoms with van der Waals surface area (Å²) in [6.07, 6.45) is 2.43. The van der Waals surface area contributed by atoms with Gasteiger partial charge in [0.15, 0.2) is 17.5 Å². The molecule has 0 atom stereocenters. The van der Waals surface area contributed by atoms with Crippen LogP contribution in [0.3, 0.4) is 0 Å². The summed E-state index contributed by atoms with van der Waals surface area (Å²) in [7, 11) is 1.62. The molecule has 1 aromatic heterocycles. The molecule has 1 aliphatic rings. The third kappa shape index (κ3) is 6.74. The molecule has 0 fully saturated rings. The normalized spacial score (nSPS) is 12.5. The van der Waals surface area contributed by atoms with Gasteiger partial charge in [-0.2, -0.15) is 8.78 Å². The van der Waals surface area contributed by atoms with E-state index in [0.29, 0.717) is 41.1 Å². The van der Waals surface area contributed by atoms with E-state index in [0.717, 1.165) is 5.56 Å². The summed E-state index contributed by atoms with van der Waals surface area (Å²) >= 11 is 5.77. The van der Waals surface area contributed by atoms with Crippen LogP contribution in [0, 0.1) is 0 Å². The van der Waals surface area contributed by atoms with Crippen molar-refractivity contribution in [1.82, 2.24) is 15.6 Å². The molecule has 0 aliphatic carbocycles. The van der Waals surface area contributed by atoms with E-state index in [4.69, 9.17) is 21.1 Å². The molecule has 0 saturated heterocycles. The van der Waals surface area contributed by atoms with Crippen molar-refractivity contribution in [2.45, 2.75) is 19.6 Å². The fourth-order valence-corrected chi connectivity index (χ4v) is 2.70. The van der Waals surface area contributed by atoms with Crippen LogP contribution >= 0.6 is 35.6 Å². The van der Waals surface area contributed by atoms with Crippen molar-refractivity contribution < 1.29 is 23.0 Å². The van der Waals surface area contributed by atoms with E-state index in [1.165, 1.54) is 6.07 Å². The Morgan fingerprint density at radius 2 is 2.03 bits per heavy atom. The summed E-state index contributed by atoms with van der Waals surface area (Å²) in [5.74, 6) is 1.40. The number of ether oxygens (including phenoxy) is 3. The Hall–Kier alpha value is -2.08. The summed E-state index contributed by atoms with van der Waals surface area (Å²) in [6.45, 7) is -2.08. The van der Waals surface area contributed by atoms with Crippen LogP contribution < -0.4 is 24.8 Å². The molecule has 7 nitrogen and oxygen atoms in total. The average molecular weight is 541 g/mol. The number of alkyl halides is 2. The second-order valence-corrected chi connectivity index (χ2v) is 6.17. The third-order valence-corrected chi connectivity index (χ3v) is 4.16. The number of halogens is 4. The molecular weight excluding hydrogens is 521 g/mol. The van der Waals surface area contributed by atoms with Crippen LogP contribution in [0.1, 0.15) is 11.1 Å². The quantitative estimate of drug-likeness (QED) is 0.242. The number of nitrogens with one attached hydrogen (secondary N) is 2. The monoisotopic (exact) mass is 540 g/mol. The summed E-state index contributed by atoms with van der Waals surface area (Å²) < 4.78 is 40.5. The summed E-state index contributed by atoms with van der Waals surface area (Å²) in [6, 6.07) is 6.64. The van der Waals surface area contributed by atoms with Crippen molar-refractivity contribution in [3.05, 3.63) is 46.7 Å². The molecule has 29 heavy (non-hydrogen) atoms. The molecule has 0 saturated carbocycles. The number of rotatable bonds is 7. The standard InChI is InChI=1S/C18H19ClF2N4O3.HI/c1-22-18(23-5-4-11-2-3-16(19)24-8-11)25-9-12-6-14-15(27-10-26-14)7-13(12)28-17(20)21;/h2-3,6-8,17H,4-5,9-10H2,1H3,(H2,22,23,25);1H. The van der Waals surface area contributed by atoms with Gasteiger partial charge in [0.1, 0.15) is 10.9 Å². The highest BCUT2D eigenvalue weighted by Crippen LogP contribution is 2.38. The Morgan fingerprint density at radius 3 is 2.69 bits per heavy atom. The van der Waals surface area contributed by atoms with E-state index in [9.17, 15) is 8.78 Å². The molecule has 1 aromatic carbocycles. The maximum absolute atomic E-state index is 12.7. The first-order valence-electron chi connectivity index (χ1n) is 8.47. The van der Waals surface area contributed by atoms with Crippen LogP contribution in [0.15, 0.2) is 35.5 Å². The number of fused-ring (bicyclic) bond motifs is 1. The lowest BCUT2D eigenvalue weighted by molar-refractivity contribution is -0.0505. The molecule has 158 valence electrons. The largest absolute Gasteiger partial charge is 0.454 e. The van der Waals surface area contributed by atoms with Crippen molar-refractivity contribution >= 4 is 41.5 Å². The average Bonchev–Trinajstić information content (AvgIpc) is 3.12. The van der Waals surface area contributed by atoms with Gasteiger partial charge in [-0.3, -0.25) is 4.99 Å². The highest BCUT2D eigenvalue weighted by molar-refractivity contribution is 14.0. The molecule has 0 radical (unpaired) electrons. The fraction of sp³-hybridized carbons (Fsp3) is 0.333. The summed E-state index contributed by atoms with van der Waals surface area (Å²) in [5, 5.41) is 6.66. The molecule has 0 unspecified atom stereocenters. The van der Waals surface area contributed by atoms with Crippen molar-refractivity contribution in [3.63, 3.8) is 0 Å². The van der Waals surface area contributed by atoms with Crippen LogP contribution in [-0.2, 0) is 13.0 Å². The second kappa shape index (κ2) is 11.2. The van der Waals surface area contributed by atoms with Crippen LogP contribution in [0.2, 0.25) is 5.15 Å². The number of pyridine rings is 1. The topological polar surface area (TPSA) is 77.0 Å². The molecular formula is C18H20ClF2IN4O3. The van der Waals surface area contributed by atoms with E-state index < -0.39 is 6.61 Å². The van der Waals surface area contributed by atoms with Gasteiger partial charge in [-0.1, -0.05) is 17.7 Å². The van der Waals surface area contributed by atoms with Gasteiger partial charge in [0.25, 0.3) is 0 Å². The van der Waals surface area contributed by atoms with Crippen molar-refractivity contribution in [1.29, 1.82) is 0 Å². The zero-order chi connectivity index (χ0) is 19.9. The SMILES string of the molecule is CN=C(NCCc1ccc(Cl)nc1)NCc1cc2c(cc1OC(F)F)OCO2.I. The van der Waals surface area contributed by atoms with Gasteiger partial charge in [0.05, 0.1) is 0 Å². The van der Waals surface area contributed by atoms with Gasteiger partial charge in [-0.05, 0) is 24.1 Å². The van der Waals surface area contributed by atoms with E-state index in [1.807, 2.05) is 6.07 Å². The number of hydrogen-bond acceptors (Lipinski definition) is 5. The molecule has 2 N–H and O–H groups in total. The molecule has 0 bridgehead atoms. The van der Waals surface area contributed by atoms with Crippen molar-refractivity contribution in [3.8, 4) is 17.2 Å². The van der Waals surface area contributed by atoms with Crippen molar-refractivity contribution in [2.24, 2.45) is 4.99 Å². The van der Waals surface area contributed by atoms with Crippen molar-refractivity contribution in [2.75, 3.05) is 20.4 Å². The predicted molar refractivity (Wildman–Crippen MR) is 116 cm³/mol. The molecule has 2 heterocycles. The third-order valence-electron chi connectivity index (χ3n) is 3.94. The van der Waals surface area contributed by atoms with Gasteiger partial charge in [-0.15, -0.1) is 24.0 Å². The second-order valence-electron chi connectivity index (χ2n) is 5.78. The summed E-state index contributed by atoms with van der Waals surface area (Å²) in [5.41, 5.74) is 1.52. The first-order chi connectivity index (χ1) is 13.5. The van der Waals surface area contributed by atoms with Crippen LogP contribution in [0.5, 0.6) is 17.2 Å².